The Labute approximate surface area is 364 Å². The summed E-state index contributed by atoms with van der Waals surface area (Å²) in [5, 5.41) is 4.74. The van der Waals surface area contributed by atoms with Crippen molar-refractivity contribution in [1.29, 1.82) is 0 Å². The predicted octanol–water partition coefficient (Wildman–Crippen LogP) is 15.2. The molecule has 0 N–H and O–H groups in total. The molecule has 2 aromatic carbocycles. The first-order valence-electron chi connectivity index (χ1n) is 19.9. The molecular weight excluding hydrogens is 848 g/mol. The van der Waals surface area contributed by atoms with E-state index in [4.69, 9.17) is 23.2 Å². The van der Waals surface area contributed by atoms with E-state index in [1.165, 1.54) is 110 Å². The molecule has 0 saturated heterocycles. The quantitative estimate of drug-likeness (QED) is 0.0805. The molecule has 0 atom stereocenters. The van der Waals surface area contributed by atoms with Crippen molar-refractivity contribution in [3.05, 3.63) is 101 Å². The lowest BCUT2D eigenvalue weighted by Gasteiger charge is -2.17. The van der Waals surface area contributed by atoms with Gasteiger partial charge in [0.1, 0.15) is 0 Å². The van der Waals surface area contributed by atoms with Gasteiger partial charge in [0.15, 0.2) is 0 Å². The summed E-state index contributed by atoms with van der Waals surface area (Å²) in [4.78, 5) is 37.2. The van der Waals surface area contributed by atoms with Gasteiger partial charge in [-0.3, -0.25) is 9.59 Å². The maximum Gasteiger partial charge on any atom is 0.226 e. The van der Waals surface area contributed by atoms with Crippen LogP contribution in [-0.2, 0) is 22.4 Å². The number of halogens is 2. The Morgan fingerprint density at radius 2 is 0.804 bits per heavy atom. The first kappa shape index (κ1) is 40.6. The average Bonchev–Trinajstić information content (AvgIpc) is 4.04. The van der Waals surface area contributed by atoms with Gasteiger partial charge in [-0.25, -0.2) is 0 Å². The summed E-state index contributed by atoms with van der Waals surface area (Å²) in [6.45, 7) is 4.52. The van der Waals surface area contributed by atoms with E-state index in [9.17, 15) is 9.59 Å². The van der Waals surface area contributed by atoms with Gasteiger partial charge in [0, 0.05) is 60.3 Å². The van der Waals surface area contributed by atoms with E-state index in [1.54, 1.807) is 45.3 Å². The molecule has 56 heavy (non-hydrogen) atoms. The number of unbranched alkanes of at least 4 members (excludes halogenated alkanes) is 10. The molecular formula is C46H44Cl2O2S6. The van der Waals surface area contributed by atoms with E-state index in [0.717, 1.165) is 95.0 Å². The number of benzene rings is 2. The smallest absolute Gasteiger partial charge is 0.226 e. The van der Waals surface area contributed by atoms with E-state index in [-0.39, 0.29) is 10.2 Å². The molecule has 2 aliphatic heterocycles. The van der Waals surface area contributed by atoms with E-state index in [2.05, 4.69) is 62.4 Å². The van der Waals surface area contributed by atoms with Crippen LogP contribution in [-0.4, -0.2) is 10.2 Å². The van der Waals surface area contributed by atoms with E-state index < -0.39 is 0 Å². The molecule has 0 bridgehead atoms. The number of hydrogen-bond acceptors (Lipinski definition) is 8. The Bertz CT molecular complexity index is 2370. The first-order valence-corrected chi connectivity index (χ1v) is 25.6. The van der Waals surface area contributed by atoms with Crippen LogP contribution in [0, 0.1) is 0 Å². The number of rotatable bonds is 18. The van der Waals surface area contributed by atoms with Gasteiger partial charge >= 0.3 is 0 Å². The topological polar surface area (TPSA) is 34.1 Å². The molecule has 290 valence electrons. The minimum absolute atomic E-state index is 0.109. The average molecular weight is 892 g/mol. The third-order valence-electron chi connectivity index (χ3n) is 10.7. The third-order valence-corrected chi connectivity index (χ3v) is 17.8. The zero-order valence-electron chi connectivity index (χ0n) is 31.7. The molecule has 10 heteroatoms. The maximum atomic E-state index is 14.3. The number of thioether (sulfide) groups is 2. The van der Waals surface area contributed by atoms with Gasteiger partial charge in [0.05, 0.1) is 19.8 Å². The zero-order valence-corrected chi connectivity index (χ0v) is 38.1. The summed E-state index contributed by atoms with van der Waals surface area (Å²) in [5.41, 5.74) is 4.17. The lowest BCUT2D eigenvalue weighted by Crippen LogP contribution is -2.15. The molecule has 0 spiro atoms. The highest BCUT2D eigenvalue weighted by atomic mass is 35.5. The fraction of sp³-hybridized carbons (Fsp3) is 0.348. The number of fused-ring (bicyclic) bond motifs is 5. The highest BCUT2D eigenvalue weighted by Gasteiger charge is 2.33. The molecule has 2 nitrogen and oxygen atoms in total. The second-order valence-corrected chi connectivity index (χ2v) is 22.2. The second kappa shape index (κ2) is 18.4. The highest BCUT2D eigenvalue weighted by Crippen LogP contribution is 2.47. The van der Waals surface area contributed by atoms with E-state index >= 15 is 0 Å². The zero-order chi connectivity index (χ0) is 38.8. The van der Waals surface area contributed by atoms with Crippen LogP contribution in [0.5, 0.6) is 0 Å². The highest BCUT2D eigenvalue weighted by molar-refractivity contribution is 8.15. The lowest BCUT2D eigenvalue weighted by molar-refractivity contribution is -0.106. The fourth-order valence-electron chi connectivity index (χ4n) is 7.98. The fourth-order valence-corrected chi connectivity index (χ4v) is 14.7. The van der Waals surface area contributed by atoms with Crippen LogP contribution in [0.15, 0.2) is 70.5 Å². The van der Waals surface area contributed by atoms with Crippen LogP contribution in [0.4, 0.5) is 0 Å². The van der Waals surface area contributed by atoms with Crippen LogP contribution in [0.2, 0.25) is 8.67 Å². The van der Waals surface area contributed by atoms with E-state index in [0.29, 0.717) is 0 Å². The van der Waals surface area contributed by atoms with Crippen molar-refractivity contribution < 1.29 is 9.59 Å². The van der Waals surface area contributed by atoms with Crippen LogP contribution in [0.25, 0.3) is 41.4 Å². The van der Waals surface area contributed by atoms with Gasteiger partial charge in [-0.2, -0.15) is 0 Å². The molecule has 2 aliphatic rings. The van der Waals surface area contributed by atoms with Crippen molar-refractivity contribution >= 4 is 124 Å². The van der Waals surface area contributed by atoms with Gasteiger partial charge < -0.3 is 0 Å². The summed E-state index contributed by atoms with van der Waals surface area (Å²) < 4.78 is 1.53. The second-order valence-electron chi connectivity index (χ2n) is 14.7. The van der Waals surface area contributed by atoms with Crippen molar-refractivity contribution in [3.8, 4) is 19.5 Å². The van der Waals surface area contributed by atoms with Crippen molar-refractivity contribution in [2.45, 2.75) is 114 Å². The molecule has 0 aliphatic carbocycles. The van der Waals surface area contributed by atoms with Crippen molar-refractivity contribution in [2.75, 3.05) is 0 Å². The standard InChI is InChI=1S/C46H44Cl2O2S6/c1-3-5-7-9-11-13-15-27-25-29-41(35-19-17-31(51-35)33-21-23-37(47)53-33)45(49)56-44(29)40-28(16-14-12-10-8-6-4-2)26-30-42(46(50)55-43(30)39(27)40)36-20-18-32(52-36)34-22-24-38(48)54-34/h17-26H,3-16H2,1-2H3. The van der Waals surface area contributed by atoms with Crippen LogP contribution in [0.1, 0.15) is 112 Å². The number of thiophene rings is 4. The van der Waals surface area contributed by atoms with Gasteiger partial charge in [0.2, 0.25) is 10.2 Å². The molecule has 0 amide bonds. The summed E-state index contributed by atoms with van der Waals surface area (Å²) in [7, 11) is 0. The number of hydrogen-bond donors (Lipinski definition) is 0. The molecule has 8 rings (SSSR count). The molecule has 4 aromatic heterocycles. The summed E-state index contributed by atoms with van der Waals surface area (Å²) in [5.74, 6) is 0. The Hall–Kier alpha value is -2.14. The third kappa shape index (κ3) is 8.47. The minimum atomic E-state index is 0.109. The van der Waals surface area contributed by atoms with Gasteiger partial charge in [-0.15, -0.1) is 45.3 Å². The Morgan fingerprint density at radius 1 is 0.446 bits per heavy atom. The minimum Gasteiger partial charge on any atom is -0.281 e. The SMILES string of the molecule is CCCCCCCCc1cc2c(c3c(CCCCCCCC)cc4c(c13)SC(=O)C=4c1ccc(-c3ccc(Cl)s3)s1)SC(=O)C=2c1ccc(-c2ccc(Cl)s2)s1. The molecule has 0 radical (unpaired) electrons. The Balaban J connectivity index is 1.32. The predicted molar refractivity (Wildman–Crippen MR) is 249 cm³/mol. The van der Waals surface area contributed by atoms with Crippen molar-refractivity contribution in [3.63, 3.8) is 0 Å². The van der Waals surface area contributed by atoms with E-state index in [1.807, 2.05) is 12.1 Å². The van der Waals surface area contributed by atoms with Gasteiger partial charge in [-0.05, 0) is 121 Å². The summed E-state index contributed by atoms with van der Waals surface area (Å²) >= 11 is 21.9. The molecule has 6 aromatic rings. The van der Waals surface area contributed by atoms with Crippen LogP contribution >= 0.6 is 92.1 Å². The number of carbonyl (C=O) groups excluding carboxylic acids is 2. The number of aryl methyl sites for hydroxylation is 2. The molecule has 0 fully saturated rings. The summed E-state index contributed by atoms with van der Waals surface area (Å²) in [6.07, 6.45) is 16.4. The van der Waals surface area contributed by atoms with Gasteiger partial charge in [0.25, 0.3) is 0 Å². The summed E-state index contributed by atoms with van der Waals surface area (Å²) in [6, 6.07) is 21.2. The largest absolute Gasteiger partial charge is 0.281 e. The normalized spacial score (nSPS) is 13.9. The van der Waals surface area contributed by atoms with Crippen molar-refractivity contribution in [2.24, 2.45) is 0 Å². The lowest BCUT2D eigenvalue weighted by atomic mass is 9.90. The molecule has 6 heterocycles. The first-order chi connectivity index (χ1) is 27.3. The van der Waals surface area contributed by atoms with Crippen molar-refractivity contribution in [1.82, 2.24) is 0 Å². The monoisotopic (exact) mass is 890 g/mol. The van der Waals surface area contributed by atoms with Crippen LogP contribution < -0.4 is 10.4 Å². The van der Waals surface area contributed by atoms with Crippen LogP contribution in [0.3, 0.4) is 0 Å². The van der Waals surface area contributed by atoms with Gasteiger partial charge in [-0.1, -0.05) is 101 Å². The Kier molecular flexibility index (Phi) is 13.4. The molecule has 0 saturated carbocycles. The maximum absolute atomic E-state index is 14.3. The molecule has 0 unspecified atom stereocenters. The Morgan fingerprint density at radius 3 is 1.20 bits per heavy atom. The number of carbonyl (C=O) groups is 2.